The molecule has 10 heteroatoms. The maximum atomic E-state index is 13.9. The average molecular weight is 398 g/mol. The van der Waals surface area contributed by atoms with E-state index in [0.29, 0.717) is 24.6 Å². The topological polar surface area (TPSA) is 92.2 Å². The Labute approximate surface area is 164 Å². The first-order valence-electron chi connectivity index (χ1n) is 8.79. The third-order valence-electron chi connectivity index (χ3n) is 4.37. The Morgan fingerprint density at radius 2 is 2.03 bits per heavy atom. The molecule has 148 valence electrons. The van der Waals surface area contributed by atoms with E-state index < -0.39 is 17.5 Å². The van der Waals surface area contributed by atoms with Gasteiger partial charge in [-0.2, -0.15) is 5.10 Å². The highest BCUT2D eigenvalue weighted by Crippen LogP contribution is 2.17. The largest absolute Gasteiger partial charge is 0.353 e. The lowest BCUT2D eigenvalue weighted by Crippen LogP contribution is -2.48. The van der Waals surface area contributed by atoms with E-state index in [-0.39, 0.29) is 23.7 Å². The number of rotatable bonds is 4. The van der Waals surface area contributed by atoms with Crippen molar-refractivity contribution in [1.82, 2.24) is 20.1 Å². The Morgan fingerprint density at radius 1 is 1.17 bits per heavy atom. The van der Waals surface area contributed by atoms with Gasteiger partial charge in [0, 0.05) is 25.4 Å². The Balaban J connectivity index is 1.44. The number of aromatic nitrogens is 3. The summed E-state index contributed by atoms with van der Waals surface area (Å²) in [5, 5.41) is 9.38. The number of benzene rings is 1. The molecule has 1 saturated heterocycles. The van der Waals surface area contributed by atoms with E-state index in [9.17, 15) is 18.4 Å². The summed E-state index contributed by atoms with van der Waals surface area (Å²) >= 11 is 0. The van der Waals surface area contributed by atoms with Crippen LogP contribution in [0.3, 0.4) is 0 Å². The zero-order valence-electron chi connectivity index (χ0n) is 15.1. The van der Waals surface area contributed by atoms with Crippen molar-refractivity contribution in [1.29, 1.82) is 0 Å². The second-order valence-electron chi connectivity index (χ2n) is 6.40. The molecule has 0 spiro atoms. The molecule has 1 aliphatic rings. The SMILES string of the molecule is O=C1CN(c2ccc(NC(=O)c3cnn(-c4ccc(F)cc4F)c3)cn2)CCN1. The molecule has 0 atom stereocenters. The van der Waals surface area contributed by atoms with E-state index in [0.717, 1.165) is 16.8 Å². The zero-order chi connectivity index (χ0) is 20.4. The predicted octanol–water partition coefficient (Wildman–Crippen LogP) is 1.73. The summed E-state index contributed by atoms with van der Waals surface area (Å²) in [7, 11) is 0. The Morgan fingerprint density at radius 3 is 2.76 bits per heavy atom. The third kappa shape index (κ3) is 4.05. The van der Waals surface area contributed by atoms with Gasteiger partial charge in [0.25, 0.3) is 5.91 Å². The molecule has 1 fully saturated rings. The smallest absolute Gasteiger partial charge is 0.258 e. The van der Waals surface area contributed by atoms with E-state index >= 15 is 0 Å². The number of piperazine rings is 1. The molecule has 1 aliphatic heterocycles. The molecular formula is C19H16F2N6O2. The highest BCUT2D eigenvalue weighted by Gasteiger charge is 2.18. The first kappa shape index (κ1) is 18.5. The minimum atomic E-state index is -0.786. The summed E-state index contributed by atoms with van der Waals surface area (Å²) < 4.78 is 28.1. The molecule has 3 aromatic rings. The Kier molecular flexibility index (Phi) is 4.90. The van der Waals surface area contributed by atoms with Crippen molar-refractivity contribution in [3.63, 3.8) is 0 Å². The number of hydrogen-bond acceptors (Lipinski definition) is 5. The monoisotopic (exact) mass is 398 g/mol. The quantitative estimate of drug-likeness (QED) is 0.699. The van der Waals surface area contributed by atoms with Gasteiger partial charge >= 0.3 is 0 Å². The maximum Gasteiger partial charge on any atom is 0.258 e. The normalized spacial score (nSPS) is 13.9. The molecule has 2 amide bonds. The molecule has 0 bridgehead atoms. The van der Waals surface area contributed by atoms with Crippen LogP contribution in [0.5, 0.6) is 0 Å². The lowest BCUT2D eigenvalue weighted by molar-refractivity contribution is -0.120. The molecule has 2 aromatic heterocycles. The first-order chi connectivity index (χ1) is 14.0. The van der Waals surface area contributed by atoms with Crippen molar-refractivity contribution in [3.05, 3.63) is 66.1 Å². The van der Waals surface area contributed by atoms with Crippen molar-refractivity contribution in [2.45, 2.75) is 0 Å². The van der Waals surface area contributed by atoms with Crippen LogP contribution in [0, 0.1) is 11.6 Å². The van der Waals surface area contributed by atoms with Crippen LogP contribution in [-0.2, 0) is 4.79 Å². The van der Waals surface area contributed by atoms with Crippen molar-refractivity contribution >= 4 is 23.3 Å². The van der Waals surface area contributed by atoms with Gasteiger partial charge in [0.05, 0.1) is 30.2 Å². The molecule has 4 rings (SSSR count). The maximum absolute atomic E-state index is 13.9. The van der Waals surface area contributed by atoms with Gasteiger partial charge in [0.15, 0.2) is 5.82 Å². The van der Waals surface area contributed by atoms with Gasteiger partial charge < -0.3 is 15.5 Å². The third-order valence-corrected chi connectivity index (χ3v) is 4.37. The summed E-state index contributed by atoms with van der Waals surface area (Å²) in [6, 6.07) is 6.49. The summed E-state index contributed by atoms with van der Waals surface area (Å²) in [6.45, 7) is 1.44. The lowest BCUT2D eigenvalue weighted by Gasteiger charge is -2.27. The average Bonchev–Trinajstić information content (AvgIpc) is 3.18. The molecular weight excluding hydrogens is 382 g/mol. The van der Waals surface area contributed by atoms with Gasteiger partial charge in [0.2, 0.25) is 5.91 Å². The molecule has 0 saturated carbocycles. The highest BCUT2D eigenvalue weighted by molar-refractivity contribution is 6.03. The van der Waals surface area contributed by atoms with Gasteiger partial charge in [-0.25, -0.2) is 18.4 Å². The number of nitrogens with one attached hydrogen (secondary N) is 2. The van der Waals surface area contributed by atoms with Crippen LogP contribution < -0.4 is 15.5 Å². The van der Waals surface area contributed by atoms with E-state index in [1.165, 1.54) is 24.7 Å². The van der Waals surface area contributed by atoms with Gasteiger partial charge in [-0.1, -0.05) is 0 Å². The standard InChI is InChI=1S/C19H16F2N6O2/c20-13-1-3-16(15(21)7-13)27-10-12(8-24-27)19(29)25-14-2-4-17(23-9-14)26-6-5-22-18(28)11-26/h1-4,7-10H,5-6,11H2,(H,22,28)(H,25,29). The Bertz CT molecular complexity index is 1070. The molecule has 29 heavy (non-hydrogen) atoms. The van der Waals surface area contributed by atoms with Gasteiger partial charge in [-0.3, -0.25) is 9.59 Å². The zero-order valence-corrected chi connectivity index (χ0v) is 15.1. The van der Waals surface area contributed by atoms with Crippen LogP contribution in [-0.4, -0.2) is 46.2 Å². The second kappa shape index (κ2) is 7.66. The van der Waals surface area contributed by atoms with Crippen LogP contribution in [0.4, 0.5) is 20.3 Å². The minimum Gasteiger partial charge on any atom is -0.353 e. The Hall–Kier alpha value is -3.82. The van der Waals surface area contributed by atoms with Gasteiger partial charge in [-0.05, 0) is 24.3 Å². The number of hydrogen-bond donors (Lipinski definition) is 2. The number of carbonyl (C=O) groups excluding carboxylic acids is 2. The predicted molar refractivity (Wildman–Crippen MR) is 101 cm³/mol. The van der Waals surface area contributed by atoms with E-state index in [1.807, 2.05) is 4.90 Å². The number of halogens is 2. The van der Waals surface area contributed by atoms with Crippen LogP contribution in [0.1, 0.15) is 10.4 Å². The fourth-order valence-electron chi connectivity index (χ4n) is 2.92. The summed E-state index contributed by atoms with van der Waals surface area (Å²) in [6.07, 6.45) is 4.12. The number of nitrogens with zero attached hydrogens (tertiary/aromatic N) is 4. The molecule has 0 unspecified atom stereocenters. The molecule has 0 aliphatic carbocycles. The summed E-state index contributed by atoms with van der Waals surface area (Å²) in [5.74, 6) is -1.36. The molecule has 2 N–H and O–H groups in total. The van der Waals surface area contributed by atoms with Crippen molar-refractivity contribution in [3.8, 4) is 5.69 Å². The van der Waals surface area contributed by atoms with Crippen LogP contribution >= 0.6 is 0 Å². The second-order valence-corrected chi connectivity index (χ2v) is 6.40. The van der Waals surface area contributed by atoms with Crippen LogP contribution in [0.15, 0.2) is 48.9 Å². The van der Waals surface area contributed by atoms with Gasteiger partial charge in [-0.15, -0.1) is 0 Å². The van der Waals surface area contributed by atoms with Gasteiger partial charge in [0.1, 0.15) is 17.3 Å². The molecule has 3 heterocycles. The van der Waals surface area contributed by atoms with E-state index in [2.05, 4.69) is 20.7 Å². The van der Waals surface area contributed by atoms with E-state index in [4.69, 9.17) is 0 Å². The number of anilines is 2. The van der Waals surface area contributed by atoms with Crippen molar-refractivity contribution in [2.24, 2.45) is 0 Å². The summed E-state index contributed by atoms with van der Waals surface area (Å²) in [4.78, 5) is 30.0. The number of amides is 2. The van der Waals surface area contributed by atoms with Crippen molar-refractivity contribution in [2.75, 3.05) is 29.9 Å². The fourth-order valence-corrected chi connectivity index (χ4v) is 2.92. The van der Waals surface area contributed by atoms with Crippen molar-refractivity contribution < 1.29 is 18.4 Å². The number of pyridine rings is 1. The fraction of sp³-hybridized carbons (Fsp3) is 0.158. The number of carbonyl (C=O) groups is 2. The summed E-state index contributed by atoms with van der Waals surface area (Å²) in [5.41, 5.74) is 0.688. The minimum absolute atomic E-state index is 0.0297. The highest BCUT2D eigenvalue weighted by atomic mass is 19.1. The van der Waals surface area contributed by atoms with Crippen LogP contribution in [0.2, 0.25) is 0 Å². The first-order valence-corrected chi connectivity index (χ1v) is 8.79. The molecule has 8 nitrogen and oxygen atoms in total. The molecule has 0 radical (unpaired) electrons. The van der Waals surface area contributed by atoms with Crippen LogP contribution in [0.25, 0.3) is 5.69 Å². The van der Waals surface area contributed by atoms with E-state index in [1.54, 1.807) is 12.1 Å². The lowest BCUT2D eigenvalue weighted by atomic mass is 10.3. The molecule has 1 aromatic carbocycles.